The van der Waals surface area contributed by atoms with E-state index in [0.717, 1.165) is 10.5 Å². The molecule has 0 saturated carbocycles. The lowest BCUT2D eigenvalue weighted by Gasteiger charge is -2.24. The highest BCUT2D eigenvalue weighted by atomic mass is 32.2. The van der Waals surface area contributed by atoms with Gasteiger partial charge in [-0.05, 0) is 85.2 Å². The van der Waals surface area contributed by atoms with Gasteiger partial charge in [0.1, 0.15) is 11.9 Å². The van der Waals surface area contributed by atoms with E-state index in [1.807, 2.05) is 37.4 Å². The van der Waals surface area contributed by atoms with E-state index in [9.17, 15) is 14.7 Å². The molecule has 5 N–H and O–H groups in total. The molecule has 36 heavy (non-hydrogen) atoms. The Kier molecular flexibility index (Phi) is 9.82. The van der Waals surface area contributed by atoms with Crippen LogP contribution in [0.3, 0.4) is 0 Å². The summed E-state index contributed by atoms with van der Waals surface area (Å²) in [6, 6.07) is 21.2. The molecule has 8 heteroatoms. The molecule has 0 heterocycles. The van der Waals surface area contributed by atoms with Gasteiger partial charge in [0.15, 0.2) is 0 Å². The predicted molar refractivity (Wildman–Crippen MR) is 146 cm³/mol. The quantitative estimate of drug-likeness (QED) is 0.140. The molecule has 3 rings (SSSR count). The number of hydrogen-bond donors (Lipinski definition) is 4. The van der Waals surface area contributed by atoms with Crippen molar-refractivity contribution in [3.63, 3.8) is 0 Å². The normalized spacial score (nSPS) is 12.6. The van der Waals surface area contributed by atoms with E-state index in [4.69, 9.17) is 10.5 Å². The van der Waals surface area contributed by atoms with Gasteiger partial charge in [-0.2, -0.15) is 0 Å². The number of thioether (sulfide) groups is 1. The number of hydrogen-bond acceptors (Lipinski definition) is 6. The summed E-state index contributed by atoms with van der Waals surface area (Å²) in [5.74, 6) is -0.188. The third-order valence-corrected chi connectivity index (χ3v) is 6.33. The molecule has 2 atom stereocenters. The summed E-state index contributed by atoms with van der Waals surface area (Å²) in [4.78, 5) is 26.0. The minimum atomic E-state index is -0.563. The topological polar surface area (TPSA) is 114 Å². The SMILES string of the molecule is CSc1ccc(NC(=O)O[C@@H](c2ccc(O)cc2)[C@@H](C)CC/C=C/C(=O)Nc2ccccc2N)cc1. The van der Waals surface area contributed by atoms with Crippen molar-refractivity contribution in [3.8, 4) is 5.75 Å². The van der Waals surface area contributed by atoms with E-state index < -0.39 is 12.2 Å². The molecule has 0 aliphatic heterocycles. The molecule has 0 spiro atoms. The van der Waals surface area contributed by atoms with Crippen LogP contribution in [0.5, 0.6) is 5.75 Å². The third kappa shape index (κ3) is 8.09. The molecule has 0 aliphatic rings. The number of anilines is 3. The smallest absolute Gasteiger partial charge is 0.412 e. The average Bonchev–Trinajstić information content (AvgIpc) is 2.87. The second-order valence-corrected chi connectivity index (χ2v) is 9.18. The summed E-state index contributed by atoms with van der Waals surface area (Å²) < 4.78 is 5.81. The molecule has 7 nitrogen and oxygen atoms in total. The lowest BCUT2D eigenvalue weighted by Crippen LogP contribution is -2.22. The molecule has 0 aromatic heterocycles. The number of benzene rings is 3. The first-order valence-electron chi connectivity index (χ1n) is 11.6. The molecule has 0 radical (unpaired) electrons. The van der Waals surface area contributed by atoms with Crippen LogP contribution < -0.4 is 16.4 Å². The molecule has 3 aromatic carbocycles. The Morgan fingerprint density at radius 2 is 1.72 bits per heavy atom. The molecule has 0 aliphatic carbocycles. The molecule has 0 saturated heterocycles. The van der Waals surface area contributed by atoms with Crippen molar-refractivity contribution in [2.75, 3.05) is 22.6 Å². The summed E-state index contributed by atoms with van der Waals surface area (Å²) in [5.41, 5.74) is 8.34. The Morgan fingerprint density at radius 1 is 1.03 bits per heavy atom. The summed E-state index contributed by atoms with van der Waals surface area (Å²) in [7, 11) is 0. The van der Waals surface area contributed by atoms with Crippen LogP contribution in [-0.4, -0.2) is 23.4 Å². The van der Waals surface area contributed by atoms with Gasteiger partial charge in [-0.1, -0.05) is 37.3 Å². The number of aromatic hydroxyl groups is 1. The van der Waals surface area contributed by atoms with Crippen molar-refractivity contribution in [2.45, 2.75) is 30.8 Å². The molecular weight excluding hydrogens is 474 g/mol. The van der Waals surface area contributed by atoms with Crippen molar-refractivity contribution in [2.24, 2.45) is 5.92 Å². The zero-order valence-electron chi connectivity index (χ0n) is 20.3. The number of nitrogens with one attached hydrogen (secondary N) is 2. The van der Waals surface area contributed by atoms with Crippen molar-refractivity contribution in [3.05, 3.63) is 90.5 Å². The number of carbonyl (C=O) groups is 2. The van der Waals surface area contributed by atoms with Crippen LogP contribution in [0.1, 0.15) is 31.4 Å². The minimum absolute atomic E-state index is 0.0587. The summed E-state index contributed by atoms with van der Waals surface area (Å²) in [6.07, 6.45) is 5.41. The Morgan fingerprint density at radius 3 is 2.39 bits per heavy atom. The molecule has 188 valence electrons. The zero-order valence-corrected chi connectivity index (χ0v) is 21.1. The number of para-hydroxylation sites is 2. The first-order valence-corrected chi connectivity index (χ1v) is 12.8. The van der Waals surface area contributed by atoms with Gasteiger partial charge in [0.2, 0.25) is 5.91 Å². The van der Waals surface area contributed by atoms with Crippen molar-refractivity contribution < 1.29 is 19.4 Å². The molecule has 0 fully saturated rings. The van der Waals surface area contributed by atoms with E-state index in [-0.39, 0.29) is 17.6 Å². The maximum Gasteiger partial charge on any atom is 0.412 e. The zero-order chi connectivity index (χ0) is 25.9. The van der Waals surface area contributed by atoms with Gasteiger partial charge < -0.3 is 20.9 Å². The molecule has 0 bridgehead atoms. The van der Waals surface area contributed by atoms with E-state index in [2.05, 4.69) is 10.6 Å². The van der Waals surface area contributed by atoms with Gasteiger partial charge in [-0.25, -0.2) is 4.79 Å². The number of rotatable bonds is 10. The minimum Gasteiger partial charge on any atom is -0.508 e. The highest BCUT2D eigenvalue weighted by Crippen LogP contribution is 2.31. The Labute approximate surface area is 215 Å². The lowest BCUT2D eigenvalue weighted by molar-refractivity contribution is -0.111. The first kappa shape index (κ1) is 26.7. The number of phenols is 1. The second-order valence-electron chi connectivity index (χ2n) is 8.30. The van der Waals surface area contributed by atoms with Gasteiger partial charge in [0.25, 0.3) is 0 Å². The van der Waals surface area contributed by atoms with Gasteiger partial charge in [0, 0.05) is 10.6 Å². The molecule has 0 unspecified atom stereocenters. The van der Waals surface area contributed by atoms with Crippen LogP contribution in [0.2, 0.25) is 0 Å². The highest BCUT2D eigenvalue weighted by molar-refractivity contribution is 7.98. The van der Waals surface area contributed by atoms with Crippen molar-refractivity contribution in [1.82, 2.24) is 0 Å². The monoisotopic (exact) mass is 505 g/mol. The third-order valence-electron chi connectivity index (χ3n) is 5.59. The Bertz CT molecular complexity index is 1180. The maximum atomic E-state index is 12.7. The number of ether oxygens (including phenoxy) is 1. The van der Waals surface area contributed by atoms with E-state index in [1.165, 1.54) is 6.08 Å². The highest BCUT2D eigenvalue weighted by Gasteiger charge is 2.23. The van der Waals surface area contributed by atoms with Crippen LogP contribution in [0.4, 0.5) is 21.9 Å². The first-order chi connectivity index (χ1) is 17.4. The van der Waals surface area contributed by atoms with Gasteiger partial charge in [-0.3, -0.25) is 10.1 Å². The molecule has 3 aromatic rings. The fraction of sp³-hybridized carbons (Fsp3) is 0.214. The Balaban J connectivity index is 1.60. The standard InChI is InChI=1S/C28H31N3O4S/c1-19(7-3-6-10-26(33)31-25-9-5-4-8-24(25)29)27(20-11-15-22(32)16-12-20)35-28(34)30-21-13-17-23(36-2)18-14-21/h4-6,8-19,27,32H,3,7,29H2,1-2H3,(H,30,34)(H,31,33)/b10-6+/t19-,27+/m0/s1. The van der Waals surface area contributed by atoms with Gasteiger partial charge in [0.05, 0.1) is 11.4 Å². The van der Waals surface area contributed by atoms with Crippen LogP contribution in [0, 0.1) is 5.92 Å². The van der Waals surface area contributed by atoms with Crippen LogP contribution in [0.25, 0.3) is 0 Å². The predicted octanol–water partition coefficient (Wildman–Crippen LogP) is 6.60. The van der Waals surface area contributed by atoms with E-state index in [0.29, 0.717) is 29.9 Å². The fourth-order valence-electron chi connectivity index (χ4n) is 3.60. The second kappa shape index (κ2) is 13.3. The van der Waals surface area contributed by atoms with Crippen molar-refractivity contribution >= 4 is 40.8 Å². The summed E-state index contributed by atoms with van der Waals surface area (Å²) in [6.45, 7) is 1.98. The van der Waals surface area contributed by atoms with Crippen LogP contribution >= 0.6 is 11.8 Å². The number of phenolic OH excluding ortho intramolecular Hbond substituents is 1. The number of nitrogens with two attached hydrogens (primary N) is 1. The number of amides is 2. The van der Waals surface area contributed by atoms with E-state index >= 15 is 0 Å². The largest absolute Gasteiger partial charge is 0.508 e. The van der Waals surface area contributed by atoms with E-state index in [1.54, 1.807) is 66.4 Å². The number of nitrogen functional groups attached to an aromatic ring is 1. The number of carbonyl (C=O) groups excluding carboxylic acids is 2. The fourth-order valence-corrected chi connectivity index (χ4v) is 4.01. The van der Waals surface area contributed by atoms with Crippen LogP contribution in [-0.2, 0) is 9.53 Å². The summed E-state index contributed by atoms with van der Waals surface area (Å²) >= 11 is 1.62. The summed E-state index contributed by atoms with van der Waals surface area (Å²) in [5, 5.41) is 15.2. The lowest BCUT2D eigenvalue weighted by atomic mass is 9.93. The average molecular weight is 506 g/mol. The van der Waals surface area contributed by atoms with Crippen molar-refractivity contribution in [1.29, 1.82) is 0 Å². The molecular formula is C28H31N3O4S. The van der Waals surface area contributed by atoms with Crippen LogP contribution in [0.15, 0.2) is 89.8 Å². The Hall–Kier alpha value is -3.91. The van der Waals surface area contributed by atoms with Gasteiger partial charge in [-0.15, -0.1) is 11.8 Å². The maximum absolute atomic E-state index is 12.7. The molecule has 2 amide bonds. The van der Waals surface area contributed by atoms with Gasteiger partial charge >= 0.3 is 6.09 Å². The number of allylic oxidation sites excluding steroid dienone is 1.